The fourth-order valence-corrected chi connectivity index (χ4v) is 2.86. The largest absolute Gasteiger partial charge is 0.387 e. The van der Waals surface area contributed by atoms with Crippen LogP contribution < -0.4 is 4.90 Å². The summed E-state index contributed by atoms with van der Waals surface area (Å²) < 4.78 is 0. The van der Waals surface area contributed by atoms with Gasteiger partial charge in [-0.1, -0.05) is 0 Å². The molecule has 0 bridgehead atoms. The van der Waals surface area contributed by atoms with E-state index < -0.39 is 5.60 Å². The van der Waals surface area contributed by atoms with Crippen LogP contribution in [0, 0.1) is 13.8 Å². The Kier molecular flexibility index (Phi) is 4.06. The number of β-amino-alcohol motifs (C(OH)–C–C–N with tert-alkyl or cyclic N) is 1. The molecule has 1 N–H and O–H groups in total. The number of nitrogens with zero attached hydrogens (tertiary/aromatic N) is 4. The van der Waals surface area contributed by atoms with Gasteiger partial charge in [-0.25, -0.2) is 9.97 Å². The first-order valence-electron chi connectivity index (χ1n) is 6.81. The number of piperidine rings is 1. The number of rotatable bonds is 3. The van der Waals surface area contributed by atoms with Crippen molar-refractivity contribution >= 4 is 5.82 Å². The van der Waals surface area contributed by atoms with Crippen molar-refractivity contribution < 1.29 is 5.11 Å². The van der Waals surface area contributed by atoms with E-state index in [1.54, 1.807) is 6.33 Å². The fourth-order valence-electron chi connectivity index (χ4n) is 2.86. The first-order chi connectivity index (χ1) is 8.91. The third kappa shape index (κ3) is 3.22. The number of aryl methyl sites for hydroxylation is 1. The monoisotopic (exact) mass is 264 g/mol. The molecule has 1 fully saturated rings. The van der Waals surface area contributed by atoms with E-state index in [-0.39, 0.29) is 0 Å². The van der Waals surface area contributed by atoms with E-state index in [9.17, 15) is 5.11 Å². The van der Waals surface area contributed by atoms with Gasteiger partial charge >= 0.3 is 0 Å². The minimum Gasteiger partial charge on any atom is -0.387 e. The quantitative estimate of drug-likeness (QED) is 0.882. The Morgan fingerprint density at radius 2 is 2.11 bits per heavy atom. The maximum absolute atomic E-state index is 10.7. The Bertz CT molecular complexity index is 449. The summed E-state index contributed by atoms with van der Waals surface area (Å²) >= 11 is 0. The number of aliphatic hydroxyl groups is 1. The number of likely N-dealkylation sites (N-methyl/N-ethyl adjacent to an activating group) is 1. The lowest BCUT2D eigenvalue weighted by atomic mass is 9.92. The van der Waals surface area contributed by atoms with Gasteiger partial charge in [-0.2, -0.15) is 0 Å². The summed E-state index contributed by atoms with van der Waals surface area (Å²) in [7, 11) is 3.99. The summed E-state index contributed by atoms with van der Waals surface area (Å²) in [5, 5.41) is 10.7. The molecule has 106 valence electrons. The van der Waals surface area contributed by atoms with Gasteiger partial charge in [-0.3, -0.25) is 0 Å². The maximum Gasteiger partial charge on any atom is 0.135 e. The highest BCUT2D eigenvalue weighted by atomic mass is 16.3. The first-order valence-corrected chi connectivity index (χ1v) is 6.81. The van der Waals surface area contributed by atoms with E-state index in [4.69, 9.17) is 0 Å². The Morgan fingerprint density at radius 1 is 1.37 bits per heavy atom. The van der Waals surface area contributed by atoms with E-state index in [1.165, 1.54) is 0 Å². The van der Waals surface area contributed by atoms with Crippen LogP contribution in [-0.4, -0.2) is 59.3 Å². The van der Waals surface area contributed by atoms with Gasteiger partial charge in [0.05, 0.1) is 5.60 Å². The zero-order valence-corrected chi connectivity index (χ0v) is 12.3. The molecule has 0 radical (unpaired) electrons. The lowest BCUT2D eigenvalue weighted by Gasteiger charge is -2.41. The lowest BCUT2D eigenvalue weighted by molar-refractivity contribution is 0.00349. The van der Waals surface area contributed by atoms with Crippen molar-refractivity contribution in [3.63, 3.8) is 0 Å². The van der Waals surface area contributed by atoms with Gasteiger partial charge in [0.15, 0.2) is 0 Å². The molecule has 5 heteroatoms. The third-order valence-electron chi connectivity index (χ3n) is 3.77. The van der Waals surface area contributed by atoms with E-state index in [0.717, 1.165) is 36.5 Å². The van der Waals surface area contributed by atoms with Crippen LogP contribution in [0.25, 0.3) is 0 Å². The van der Waals surface area contributed by atoms with Crippen LogP contribution in [0.2, 0.25) is 0 Å². The van der Waals surface area contributed by atoms with Gasteiger partial charge in [0.1, 0.15) is 12.1 Å². The lowest BCUT2D eigenvalue weighted by Crippen LogP contribution is -2.53. The fraction of sp³-hybridized carbons (Fsp3) is 0.714. The molecule has 19 heavy (non-hydrogen) atoms. The van der Waals surface area contributed by atoms with E-state index in [0.29, 0.717) is 13.1 Å². The minimum absolute atomic E-state index is 0.641. The molecular weight excluding hydrogens is 240 g/mol. The molecule has 5 nitrogen and oxygen atoms in total. The highest BCUT2D eigenvalue weighted by molar-refractivity contribution is 5.48. The van der Waals surface area contributed by atoms with Crippen LogP contribution in [-0.2, 0) is 0 Å². The molecule has 0 amide bonds. The second-order valence-electron chi connectivity index (χ2n) is 5.89. The summed E-state index contributed by atoms with van der Waals surface area (Å²) in [5.74, 6) is 0.962. The summed E-state index contributed by atoms with van der Waals surface area (Å²) in [6.07, 6.45) is 3.45. The van der Waals surface area contributed by atoms with Crippen LogP contribution in [0.15, 0.2) is 6.33 Å². The first kappa shape index (κ1) is 14.2. The number of aromatic nitrogens is 2. The van der Waals surface area contributed by atoms with Crippen molar-refractivity contribution in [3.8, 4) is 0 Å². The normalized spacial score (nSPS) is 24.0. The van der Waals surface area contributed by atoms with Crippen molar-refractivity contribution in [1.29, 1.82) is 0 Å². The van der Waals surface area contributed by atoms with Crippen molar-refractivity contribution in [2.75, 3.05) is 38.6 Å². The minimum atomic E-state index is -0.646. The topological polar surface area (TPSA) is 52.5 Å². The van der Waals surface area contributed by atoms with Gasteiger partial charge in [0, 0.05) is 30.9 Å². The summed E-state index contributed by atoms with van der Waals surface area (Å²) in [6, 6.07) is 0. The Morgan fingerprint density at radius 3 is 2.79 bits per heavy atom. The molecule has 1 aliphatic heterocycles. The molecule has 0 aliphatic carbocycles. The van der Waals surface area contributed by atoms with Crippen LogP contribution in [0.5, 0.6) is 0 Å². The van der Waals surface area contributed by atoms with Gasteiger partial charge in [0.25, 0.3) is 0 Å². The third-order valence-corrected chi connectivity index (χ3v) is 3.77. The van der Waals surface area contributed by atoms with E-state index in [2.05, 4.69) is 14.9 Å². The van der Waals surface area contributed by atoms with Crippen molar-refractivity contribution in [3.05, 3.63) is 17.6 Å². The molecule has 2 heterocycles. The molecule has 1 saturated heterocycles. The Balaban J connectivity index is 2.19. The summed E-state index contributed by atoms with van der Waals surface area (Å²) in [4.78, 5) is 12.8. The van der Waals surface area contributed by atoms with Gasteiger partial charge in [-0.15, -0.1) is 0 Å². The molecule has 1 aliphatic rings. The molecule has 0 aromatic carbocycles. The van der Waals surface area contributed by atoms with Crippen LogP contribution in [0.1, 0.15) is 24.1 Å². The Hall–Kier alpha value is -1.20. The smallest absolute Gasteiger partial charge is 0.135 e. The average molecular weight is 264 g/mol. The summed E-state index contributed by atoms with van der Waals surface area (Å²) in [6.45, 7) is 6.32. The zero-order chi connectivity index (χ0) is 14.0. The van der Waals surface area contributed by atoms with Crippen LogP contribution in [0.4, 0.5) is 5.82 Å². The van der Waals surface area contributed by atoms with Crippen molar-refractivity contribution in [2.24, 2.45) is 0 Å². The standard InChI is InChI=1S/C14H24N4O/c1-11-12(2)15-10-16-13(11)18-7-5-6-14(19,9-18)8-17(3)4/h10,19H,5-9H2,1-4H3. The van der Waals surface area contributed by atoms with Gasteiger partial charge in [0.2, 0.25) is 0 Å². The second kappa shape index (κ2) is 5.43. The molecular formula is C14H24N4O. The number of anilines is 1. The highest BCUT2D eigenvalue weighted by Crippen LogP contribution is 2.27. The maximum atomic E-state index is 10.7. The number of hydrogen-bond acceptors (Lipinski definition) is 5. The molecule has 1 aromatic heterocycles. The average Bonchev–Trinajstić information content (AvgIpc) is 2.31. The second-order valence-corrected chi connectivity index (χ2v) is 5.89. The molecule has 1 aromatic rings. The zero-order valence-electron chi connectivity index (χ0n) is 12.3. The molecule has 0 saturated carbocycles. The highest BCUT2D eigenvalue weighted by Gasteiger charge is 2.34. The molecule has 1 atom stereocenters. The SMILES string of the molecule is Cc1ncnc(N2CCCC(O)(CN(C)C)C2)c1C. The number of hydrogen-bond donors (Lipinski definition) is 1. The predicted molar refractivity (Wildman–Crippen MR) is 76.5 cm³/mol. The van der Waals surface area contributed by atoms with Crippen molar-refractivity contribution in [2.45, 2.75) is 32.3 Å². The molecule has 1 unspecified atom stereocenters. The molecule has 2 rings (SSSR count). The van der Waals surface area contributed by atoms with Crippen LogP contribution >= 0.6 is 0 Å². The van der Waals surface area contributed by atoms with Crippen LogP contribution in [0.3, 0.4) is 0 Å². The van der Waals surface area contributed by atoms with E-state index >= 15 is 0 Å². The predicted octanol–water partition coefficient (Wildman–Crippen LogP) is 0.986. The molecule has 0 spiro atoms. The van der Waals surface area contributed by atoms with Gasteiger partial charge in [-0.05, 0) is 40.8 Å². The van der Waals surface area contributed by atoms with Crippen molar-refractivity contribution in [1.82, 2.24) is 14.9 Å². The van der Waals surface area contributed by atoms with E-state index in [1.807, 2.05) is 32.8 Å². The Labute approximate surface area is 115 Å². The summed E-state index contributed by atoms with van der Waals surface area (Å²) in [5.41, 5.74) is 1.47. The van der Waals surface area contributed by atoms with Gasteiger partial charge < -0.3 is 14.9 Å².